The lowest BCUT2D eigenvalue weighted by Gasteiger charge is -2.19. The quantitative estimate of drug-likeness (QED) is 0.703. The lowest BCUT2D eigenvalue weighted by atomic mass is 10.1. The number of hydrogen-bond donors (Lipinski definition) is 0. The van der Waals surface area contributed by atoms with Crippen LogP contribution in [0.25, 0.3) is 11.4 Å². The largest absolute Gasteiger partial charge is 0.340 e. The molecule has 128 valence electrons. The van der Waals surface area contributed by atoms with E-state index in [4.69, 9.17) is 11.6 Å². The minimum absolute atomic E-state index is 0.0398. The fraction of sp³-hybridized carbons (Fsp3) is 0.211. The van der Waals surface area contributed by atoms with E-state index < -0.39 is 0 Å². The van der Waals surface area contributed by atoms with E-state index in [-0.39, 0.29) is 12.5 Å². The van der Waals surface area contributed by atoms with E-state index in [1.807, 2.05) is 49.4 Å². The molecule has 3 aromatic rings. The van der Waals surface area contributed by atoms with Gasteiger partial charge in [-0.3, -0.25) is 4.79 Å². The molecular weight excluding hydrogens is 336 g/mol. The number of amides is 1. The van der Waals surface area contributed by atoms with Gasteiger partial charge in [0.2, 0.25) is 5.91 Å². The van der Waals surface area contributed by atoms with Crippen molar-refractivity contribution >= 4 is 17.5 Å². The highest BCUT2D eigenvalue weighted by molar-refractivity contribution is 6.33. The third-order valence-corrected chi connectivity index (χ3v) is 4.44. The molecule has 0 saturated heterocycles. The Morgan fingerprint density at radius 2 is 1.88 bits per heavy atom. The summed E-state index contributed by atoms with van der Waals surface area (Å²) in [4.78, 5) is 18.5. The molecule has 0 bridgehead atoms. The van der Waals surface area contributed by atoms with Gasteiger partial charge in [-0.25, -0.2) is 9.67 Å². The molecule has 0 aliphatic rings. The van der Waals surface area contributed by atoms with Gasteiger partial charge >= 0.3 is 0 Å². The molecule has 0 aliphatic heterocycles. The SMILES string of the molecule is Cc1ccccc1CN(C)C(=O)Cn1ncnc1-c1ccccc1Cl. The molecule has 0 N–H and O–H groups in total. The monoisotopic (exact) mass is 354 g/mol. The van der Waals surface area contributed by atoms with E-state index in [1.165, 1.54) is 11.9 Å². The molecule has 0 spiro atoms. The Labute approximate surface area is 151 Å². The van der Waals surface area contributed by atoms with Crippen LogP contribution in [0, 0.1) is 6.92 Å². The summed E-state index contributed by atoms with van der Waals surface area (Å²) < 4.78 is 1.58. The number of carbonyl (C=O) groups is 1. The van der Waals surface area contributed by atoms with Crippen molar-refractivity contribution in [1.29, 1.82) is 0 Å². The Bertz CT molecular complexity index is 890. The molecule has 0 unspecified atom stereocenters. The van der Waals surface area contributed by atoms with Gasteiger partial charge in [-0.15, -0.1) is 0 Å². The van der Waals surface area contributed by atoms with Gasteiger partial charge in [-0.2, -0.15) is 5.10 Å². The van der Waals surface area contributed by atoms with Crippen LogP contribution < -0.4 is 0 Å². The van der Waals surface area contributed by atoms with E-state index in [2.05, 4.69) is 10.1 Å². The number of carbonyl (C=O) groups excluding carboxylic acids is 1. The summed E-state index contributed by atoms with van der Waals surface area (Å²) in [5.41, 5.74) is 3.05. The van der Waals surface area contributed by atoms with Crippen LogP contribution in [0.15, 0.2) is 54.9 Å². The summed E-state index contributed by atoms with van der Waals surface area (Å²) >= 11 is 6.24. The van der Waals surface area contributed by atoms with Crippen molar-refractivity contribution in [2.24, 2.45) is 0 Å². The molecule has 3 rings (SSSR count). The average Bonchev–Trinajstić information content (AvgIpc) is 3.05. The van der Waals surface area contributed by atoms with Crippen LogP contribution in [0.1, 0.15) is 11.1 Å². The summed E-state index contributed by atoms with van der Waals surface area (Å²) in [5.74, 6) is 0.547. The van der Waals surface area contributed by atoms with Crippen LogP contribution >= 0.6 is 11.6 Å². The molecule has 0 atom stereocenters. The zero-order valence-electron chi connectivity index (χ0n) is 14.2. The van der Waals surface area contributed by atoms with Gasteiger partial charge in [0.25, 0.3) is 0 Å². The minimum Gasteiger partial charge on any atom is -0.340 e. The molecular formula is C19H19ClN4O. The molecule has 0 saturated carbocycles. The van der Waals surface area contributed by atoms with Crippen molar-refractivity contribution in [2.45, 2.75) is 20.0 Å². The second-order valence-corrected chi connectivity index (χ2v) is 6.30. The molecule has 0 fully saturated rings. The second-order valence-electron chi connectivity index (χ2n) is 5.90. The predicted molar refractivity (Wildman–Crippen MR) is 98.1 cm³/mol. The smallest absolute Gasteiger partial charge is 0.244 e. The number of hydrogen-bond acceptors (Lipinski definition) is 3. The summed E-state index contributed by atoms with van der Waals surface area (Å²) in [6, 6.07) is 15.4. The van der Waals surface area contributed by atoms with Crippen LogP contribution in [0.2, 0.25) is 5.02 Å². The lowest BCUT2D eigenvalue weighted by Crippen LogP contribution is -2.30. The first-order valence-corrected chi connectivity index (χ1v) is 8.35. The molecule has 6 heteroatoms. The summed E-state index contributed by atoms with van der Waals surface area (Å²) in [5, 5.41) is 4.76. The Kier molecular flexibility index (Phi) is 5.14. The van der Waals surface area contributed by atoms with Crippen LogP contribution in [-0.2, 0) is 17.9 Å². The molecule has 25 heavy (non-hydrogen) atoms. The maximum atomic E-state index is 12.6. The normalized spacial score (nSPS) is 10.7. The van der Waals surface area contributed by atoms with Gasteiger partial charge in [0.05, 0.1) is 5.02 Å². The van der Waals surface area contributed by atoms with Crippen molar-refractivity contribution in [3.05, 3.63) is 71.0 Å². The topological polar surface area (TPSA) is 51.0 Å². The number of aromatic nitrogens is 3. The van der Waals surface area contributed by atoms with Crippen LogP contribution in [-0.4, -0.2) is 32.6 Å². The van der Waals surface area contributed by atoms with Gasteiger partial charge in [0, 0.05) is 19.2 Å². The van der Waals surface area contributed by atoms with E-state index in [9.17, 15) is 4.79 Å². The Morgan fingerprint density at radius 3 is 2.64 bits per heavy atom. The maximum absolute atomic E-state index is 12.6. The maximum Gasteiger partial charge on any atom is 0.244 e. The number of halogens is 1. The average molecular weight is 355 g/mol. The van der Waals surface area contributed by atoms with E-state index >= 15 is 0 Å². The Balaban J connectivity index is 1.75. The molecule has 0 aliphatic carbocycles. The Hall–Kier alpha value is -2.66. The van der Waals surface area contributed by atoms with Gasteiger partial charge in [-0.1, -0.05) is 48.0 Å². The zero-order valence-corrected chi connectivity index (χ0v) is 14.9. The highest BCUT2D eigenvalue weighted by Gasteiger charge is 2.16. The van der Waals surface area contributed by atoms with Gasteiger partial charge in [0.15, 0.2) is 5.82 Å². The molecule has 1 heterocycles. The second kappa shape index (κ2) is 7.49. The third kappa shape index (κ3) is 3.88. The fourth-order valence-electron chi connectivity index (χ4n) is 2.61. The van der Waals surface area contributed by atoms with Crippen LogP contribution in [0.4, 0.5) is 0 Å². The summed E-state index contributed by atoms with van der Waals surface area (Å²) in [6.07, 6.45) is 1.44. The summed E-state index contributed by atoms with van der Waals surface area (Å²) in [6.45, 7) is 2.71. The fourth-order valence-corrected chi connectivity index (χ4v) is 2.83. The first-order valence-electron chi connectivity index (χ1n) is 7.97. The number of benzene rings is 2. The highest BCUT2D eigenvalue weighted by Crippen LogP contribution is 2.25. The first kappa shape index (κ1) is 17.2. The third-order valence-electron chi connectivity index (χ3n) is 4.11. The number of rotatable bonds is 5. The standard InChI is InChI=1S/C19H19ClN4O/c1-14-7-3-4-8-15(14)11-23(2)18(25)12-24-19(21-13-22-24)16-9-5-6-10-17(16)20/h3-10,13H,11-12H2,1-2H3. The molecule has 2 aromatic carbocycles. The van der Waals surface area contributed by atoms with Crippen molar-refractivity contribution < 1.29 is 4.79 Å². The zero-order chi connectivity index (χ0) is 17.8. The van der Waals surface area contributed by atoms with Gasteiger partial charge in [-0.05, 0) is 30.2 Å². The Morgan fingerprint density at radius 1 is 1.16 bits per heavy atom. The summed E-state index contributed by atoms with van der Waals surface area (Å²) in [7, 11) is 1.79. The lowest BCUT2D eigenvalue weighted by molar-refractivity contribution is -0.131. The minimum atomic E-state index is -0.0398. The number of likely N-dealkylation sites (N-methyl/N-ethyl adjacent to an activating group) is 1. The van der Waals surface area contributed by atoms with Gasteiger partial charge in [0.1, 0.15) is 12.9 Å². The van der Waals surface area contributed by atoms with Crippen molar-refractivity contribution in [3.8, 4) is 11.4 Å². The van der Waals surface area contributed by atoms with Crippen LogP contribution in [0.5, 0.6) is 0 Å². The van der Waals surface area contributed by atoms with Crippen molar-refractivity contribution in [3.63, 3.8) is 0 Å². The number of aryl methyl sites for hydroxylation is 1. The van der Waals surface area contributed by atoms with Crippen molar-refractivity contribution in [2.75, 3.05) is 7.05 Å². The molecule has 1 aromatic heterocycles. The van der Waals surface area contributed by atoms with E-state index in [0.29, 0.717) is 17.4 Å². The van der Waals surface area contributed by atoms with Crippen LogP contribution in [0.3, 0.4) is 0 Å². The van der Waals surface area contributed by atoms with E-state index in [0.717, 1.165) is 11.1 Å². The number of nitrogens with zero attached hydrogens (tertiary/aromatic N) is 4. The molecule has 5 nitrogen and oxygen atoms in total. The molecule has 1 amide bonds. The van der Waals surface area contributed by atoms with Gasteiger partial charge < -0.3 is 4.90 Å². The first-order chi connectivity index (χ1) is 12.1. The van der Waals surface area contributed by atoms with E-state index in [1.54, 1.807) is 22.7 Å². The predicted octanol–water partition coefficient (Wildman–Crippen LogP) is 3.57. The van der Waals surface area contributed by atoms with Crippen molar-refractivity contribution in [1.82, 2.24) is 19.7 Å². The highest BCUT2D eigenvalue weighted by atomic mass is 35.5. The molecule has 0 radical (unpaired) electrons.